The first-order valence-electron chi connectivity index (χ1n) is 5.66. The Balaban J connectivity index is 2.56. The summed E-state index contributed by atoms with van der Waals surface area (Å²) in [6.07, 6.45) is 0. The summed E-state index contributed by atoms with van der Waals surface area (Å²) in [6.45, 7) is 3.64. The van der Waals surface area contributed by atoms with Gasteiger partial charge in [0.15, 0.2) is 5.78 Å². The van der Waals surface area contributed by atoms with Gasteiger partial charge in [-0.3, -0.25) is 4.79 Å². The molecule has 2 rings (SSSR count). The van der Waals surface area contributed by atoms with Crippen LogP contribution in [0.3, 0.4) is 0 Å². The van der Waals surface area contributed by atoms with E-state index in [-0.39, 0.29) is 4.47 Å². The van der Waals surface area contributed by atoms with Crippen molar-refractivity contribution < 1.29 is 13.6 Å². The zero-order valence-electron chi connectivity index (χ0n) is 10.4. The fourth-order valence-electron chi connectivity index (χ4n) is 1.96. The molecular formula is C15H11BrF2O. The Morgan fingerprint density at radius 3 is 2.16 bits per heavy atom. The average Bonchev–Trinajstić information content (AvgIpc) is 2.26. The Bertz CT molecular complexity index is 642. The molecule has 0 saturated heterocycles. The van der Waals surface area contributed by atoms with Crippen molar-refractivity contribution in [3.05, 3.63) is 68.7 Å². The lowest BCUT2D eigenvalue weighted by atomic mass is 9.97. The highest BCUT2D eigenvalue weighted by Gasteiger charge is 2.21. The average molecular weight is 325 g/mol. The molecule has 0 amide bonds. The molecule has 0 radical (unpaired) electrons. The number of ketones is 1. The summed E-state index contributed by atoms with van der Waals surface area (Å²) < 4.78 is 27.8. The van der Waals surface area contributed by atoms with Gasteiger partial charge in [-0.15, -0.1) is 0 Å². The lowest BCUT2D eigenvalue weighted by molar-refractivity contribution is 0.103. The van der Waals surface area contributed by atoms with Crippen LogP contribution in [0, 0.1) is 25.5 Å². The lowest BCUT2D eigenvalue weighted by Gasteiger charge is -2.08. The standard InChI is InChI=1S/C15H11BrF2O/c1-8-3-4-11(9(2)5-8)15(19)14-12(17)6-10(16)7-13(14)18/h3-7H,1-2H3. The van der Waals surface area contributed by atoms with Crippen LogP contribution in [0.1, 0.15) is 27.0 Å². The van der Waals surface area contributed by atoms with Crippen molar-refractivity contribution in [2.75, 3.05) is 0 Å². The first kappa shape index (κ1) is 13.9. The molecular weight excluding hydrogens is 314 g/mol. The number of rotatable bonds is 2. The molecule has 0 aromatic heterocycles. The van der Waals surface area contributed by atoms with E-state index in [9.17, 15) is 13.6 Å². The number of hydrogen-bond donors (Lipinski definition) is 0. The van der Waals surface area contributed by atoms with Crippen LogP contribution >= 0.6 is 15.9 Å². The number of carbonyl (C=O) groups excluding carboxylic acids is 1. The Morgan fingerprint density at radius 2 is 1.63 bits per heavy atom. The molecule has 0 aliphatic rings. The number of benzene rings is 2. The van der Waals surface area contributed by atoms with Gasteiger partial charge in [0.1, 0.15) is 11.6 Å². The normalized spacial score (nSPS) is 10.6. The van der Waals surface area contributed by atoms with Gasteiger partial charge in [-0.25, -0.2) is 8.78 Å². The van der Waals surface area contributed by atoms with Gasteiger partial charge in [-0.1, -0.05) is 39.7 Å². The molecule has 0 heterocycles. The summed E-state index contributed by atoms with van der Waals surface area (Å²) in [5.41, 5.74) is 1.48. The molecule has 0 spiro atoms. The van der Waals surface area contributed by atoms with Gasteiger partial charge in [0.2, 0.25) is 0 Å². The molecule has 0 unspecified atom stereocenters. The van der Waals surface area contributed by atoms with E-state index in [0.29, 0.717) is 11.1 Å². The lowest BCUT2D eigenvalue weighted by Crippen LogP contribution is -2.09. The van der Waals surface area contributed by atoms with Crippen molar-refractivity contribution in [3.63, 3.8) is 0 Å². The SMILES string of the molecule is Cc1ccc(C(=O)c2c(F)cc(Br)cc2F)c(C)c1. The molecule has 98 valence electrons. The van der Waals surface area contributed by atoms with Gasteiger partial charge in [0.25, 0.3) is 0 Å². The molecule has 0 bridgehead atoms. The first-order valence-corrected chi connectivity index (χ1v) is 6.46. The Morgan fingerprint density at radius 1 is 1.05 bits per heavy atom. The third-order valence-electron chi connectivity index (χ3n) is 2.86. The largest absolute Gasteiger partial charge is 0.288 e. The molecule has 2 aromatic carbocycles. The van der Waals surface area contributed by atoms with Crippen LogP contribution < -0.4 is 0 Å². The molecule has 2 aromatic rings. The molecule has 0 aliphatic carbocycles. The van der Waals surface area contributed by atoms with Crippen LogP contribution in [0.5, 0.6) is 0 Å². The Kier molecular flexibility index (Phi) is 3.80. The van der Waals surface area contributed by atoms with Crippen LogP contribution in [-0.2, 0) is 0 Å². The molecule has 4 heteroatoms. The van der Waals surface area contributed by atoms with E-state index in [1.807, 2.05) is 13.0 Å². The minimum atomic E-state index is -0.864. The van der Waals surface area contributed by atoms with E-state index >= 15 is 0 Å². The molecule has 19 heavy (non-hydrogen) atoms. The summed E-state index contributed by atoms with van der Waals surface area (Å²) in [5.74, 6) is -2.37. The van der Waals surface area contributed by atoms with Gasteiger partial charge >= 0.3 is 0 Å². The molecule has 0 atom stereocenters. The van der Waals surface area contributed by atoms with E-state index in [1.54, 1.807) is 19.1 Å². The van der Waals surface area contributed by atoms with Crippen LogP contribution in [0.15, 0.2) is 34.8 Å². The van der Waals surface area contributed by atoms with Gasteiger partial charge in [-0.05, 0) is 31.5 Å². The van der Waals surface area contributed by atoms with Gasteiger partial charge < -0.3 is 0 Å². The quantitative estimate of drug-likeness (QED) is 0.739. The Hall–Kier alpha value is -1.55. The van der Waals surface area contributed by atoms with Crippen LogP contribution in [0.25, 0.3) is 0 Å². The highest BCUT2D eigenvalue weighted by atomic mass is 79.9. The van der Waals surface area contributed by atoms with E-state index in [1.165, 1.54) is 0 Å². The number of halogens is 3. The molecule has 0 aliphatic heterocycles. The van der Waals surface area contributed by atoms with Crippen molar-refractivity contribution in [2.24, 2.45) is 0 Å². The van der Waals surface area contributed by atoms with Crippen LogP contribution in [0.4, 0.5) is 8.78 Å². The summed E-state index contributed by atoms with van der Waals surface area (Å²) in [4.78, 5) is 12.2. The fraction of sp³-hybridized carbons (Fsp3) is 0.133. The summed E-state index contributed by atoms with van der Waals surface area (Å²) in [7, 11) is 0. The number of carbonyl (C=O) groups is 1. The fourth-order valence-corrected chi connectivity index (χ4v) is 2.36. The second-order valence-corrected chi connectivity index (χ2v) is 5.31. The predicted molar refractivity (Wildman–Crippen MR) is 73.4 cm³/mol. The first-order chi connectivity index (χ1) is 8.90. The smallest absolute Gasteiger partial charge is 0.199 e. The third-order valence-corrected chi connectivity index (χ3v) is 3.32. The predicted octanol–water partition coefficient (Wildman–Crippen LogP) is 4.58. The van der Waals surface area contributed by atoms with Crippen molar-refractivity contribution in [2.45, 2.75) is 13.8 Å². The molecule has 1 nitrogen and oxygen atoms in total. The monoisotopic (exact) mass is 324 g/mol. The van der Waals surface area contributed by atoms with E-state index in [2.05, 4.69) is 15.9 Å². The Labute approximate surface area is 118 Å². The highest BCUT2D eigenvalue weighted by molar-refractivity contribution is 9.10. The van der Waals surface area contributed by atoms with E-state index < -0.39 is 23.0 Å². The molecule has 0 N–H and O–H groups in total. The second-order valence-electron chi connectivity index (χ2n) is 4.39. The third kappa shape index (κ3) is 2.73. The van der Waals surface area contributed by atoms with Crippen LogP contribution in [0.2, 0.25) is 0 Å². The van der Waals surface area contributed by atoms with E-state index in [4.69, 9.17) is 0 Å². The highest BCUT2D eigenvalue weighted by Crippen LogP contribution is 2.23. The second kappa shape index (κ2) is 5.21. The maximum Gasteiger partial charge on any atom is 0.199 e. The minimum Gasteiger partial charge on any atom is -0.288 e. The van der Waals surface area contributed by atoms with Crippen molar-refractivity contribution in [1.29, 1.82) is 0 Å². The van der Waals surface area contributed by atoms with Crippen molar-refractivity contribution >= 4 is 21.7 Å². The maximum absolute atomic E-state index is 13.8. The molecule has 0 fully saturated rings. The van der Waals surface area contributed by atoms with Crippen LogP contribution in [-0.4, -0.2) is 5.78 Å². The maximum atomic E-state index is 13.8. The summed E-state index contributed by atoms with van der Waals surface area (Å²) in [6, 6.07) is 7.31. The topological polar surface area (TPSA) is 17.1 Å². The molecule has 0 saturated carbocycles. The summed E-state index contributed by atoms with van der Waals surface area (Å²) in [5, 5.41) is 0. The minimum absolute atomic E-state index is 0.264. The summed E-state index contributed by atoms with van der Waals surface area (Å²) >= 11 is 2.99. The number of hydrogen-bond acceptors (Lipinski definition) is 1. The van der Waals surface area contributed by atoms with Crippen molar-refractivity contribution in [3.8, 4) is 0 Å². The van der Waals surface area contributed by atoms with Gasteiger partial charge in [0, 0.05) is 10.0 Å². The zero-order chi connectivity index (χ0) is 14.2. The van der Waals surface area contributed by atoms with E-state index in [0.717, 1.165) is 17.7 Å². The van der Waals surface area contributed by atoms with Crippen molar-refractivity contribution in [1.82, 2.24) is 0 Å². The number of aryl methyl sites for hydroxylation is 2. The van der Waals surface area contributed by atoms with Gasteiger partial charge in [0.05, 0.1) is 5.56 Å². The van der Waals surface area contributed by atoms with Gasteiger partial charge in [-0.2, -0.15) is 0 Å². The zero-order valence-corrected chi connectivity index (χ0v) is 12.0.